The Kier molecular flexibility index (Phi) is 6.43. The summed E-state index contributed by atoms with van der Waals surface area (Å²) < 4.78 is 0.747. The summed E-state index contributed by atoms with van der Waals surface area (Å²) in [6, 6.07) is 3.81. The third-order valence-corrected chi connectivity index (χ3v) is 4.46. The van der Waals surface area contributed by atoms with Gasteiger partial charge in [-0.1, -0.05) is 11.6 Å². The van der Waals surface area contributed by atoms with Crippen LogP contribution in [0.1, 0.15) is 24.1 Å². The van der Waals surface area contributed by atoms with E-state index in [0.29, 0.717) is 0 Å². The van der Waals surface area contributed by atoms with Gasteiger partial charge in [0, 0.05) is 24.5 Å². The van der Waals surface area contributed by atoms with E-state index in [-0.39, 0.29) is 24.2 Å². The van der Waals surface area contributed by atoms with Crippen LogP contribution in [-0.2, 0) is 4.79 Å². The Labute approximate surface area is 123 Å². The largest absolute Gasteiger partial charge is 0.341 e. The number of halogens is 2. The van der Waals surface area contributed by atoms with Crippen LogP contribution >= 0.6 is 35.3 Å². The molecule has 1 fully saturated rings. The van der Waals surface area contributed by atoms with E-state index in [0.717, 1.165) is 41.8 Å². The Hall–Kier alpha value is -0.290. The summed E-state index contributed by atoms with van der Waals surface area (Å²) in [4.78, 5) is 15.3. The molecule has 0 aliphatic carbocycles. The molecule has 0 spiro atoms. The topological polar surface area (TPSA) is 32.3 Å². The maximum Gasteiger partial charge on any atom is 0.230 e. The van der Waals surface area contributed by atoms with Gasteiger partial charge in [-0.3, -0.25) is 4.79 Å². The first-order chi connectivity index (χ1) is 8.18. The third kappa shape index (κ3) is 3.85. The minimum Gasteiger partial charge on any atom is -0.341 e. The Morgan fingerprint density at radius 2 is 2.22 bits per heavy atom. The van der Waals surface area contributed by atoms with E-state index in [9.17, 15) is 4.79 Å². The minimum atomic E-state index is -0.0781. The molecule has 1 unspecified atom stereocenters. The van der Waals surface area contributed by atoms with Gasteiger partial charge in [0.25, 0.3) is 0 Å². The lowest BCUT2D eigenvalue weighted by atomic mass is 10.1. The standard InChI is InChI=1S/C12H17ClN2OS.ClH/c1-9(10-3-4-11(13)17-10)12(16)15-7-2-5-14-6-8-15;/h3-4,9,14H,2,5-8H2,1H3;1H. The first kappa shape index (κ1) is 15.8. The van der Waals surface area contributed by atoms with Crippen molar-refractivity contribution < 1.29 is 4.79 Å². The molecule has 0 aromatic carbocycles. The van der Waals surface area contributed by atoms with Gasteiger partial charge < -0.3 is 10.2 Å². The molecule has 0 radical (unpaired) electrons. The second-order valence-corrected chi connectivity index (χ2v) is 6.04. The van der Waals surface area contributed by atoms with Crippen LogP contribution in [0.5, 0.6) is 0 Å². The van der Waals surface area contributed by atoms with Crippen LogP contribution in [0.3, 0.4) is 0 Å². The van der Waals surface area contributed by atoms with E-state index in [1.54, 1.807) is 0 Å². The van der Waals surface area contributed by atoms with Crippen molar-refractivity contribution in [1.82, 2.24) is 10.2 Å². The van der Waals surface area contributed by atoms with Gasteiger partial charge in [-0.25, -0.2) is 0 Å². The van der Waals surface area contributed by atoms with E-state index < -0.39 is 0 Å². The van der Waals surface area contributed by atoms with Crippen molar-refractivity contribution in [2.75, 3.05) is 26.2 Å². The number of nitrogens with one attached hydrogen (secondary N) is 1. The maximum absolute atomic E-state index is 12.3. The van der Waals surface area contributed by atoms with Gasteiger partial charge in [-0.15, -0.1) is 23.7 Å². The number of rotatable bonds is 2. The predicted molar refractivity (Wildman–Crippen MR) is 79.1 cm³/mol. The summed E-state index contributed by atoms with van der Waals surface area (Å²) in [5, 5.41) is 3.30. The molecule has 0 bridgehead atoms. The van der Waals surface area contributed by atoms with E-state index in [1.165, 1.54) is 11.3 Å². The van der Waals surface area contributed by atoms with Gasteiger partial charge in [0.1, 0.15) is 0 Å². The number of hydrogen-bond acceptors (Lipinski definition) is 3. The molecule has 6 heteroatoms. The summed E-state index contributed by atoms with van der Waals surface area (Å²) in [5.74, 6) is 0.137. The van der Waals surface area contributed by atoms with Gasteiger partial charge in [-0.05, 0) is 32.0 Å². The second-order valence-electron chi connectivity index (χ2n) is 4.29. The Bertz CT molecular complexity index is 389. The monoisotopic (exact) mass is 308 g/mol. The average Bonchev–Trinajstić information content (AvgIpc) is 2.60. The normalized spacial score (nSPS) is 17.8. The van der Waals surface area contributed by atoms with Crippen LogP contribution in [0.25, 0.3) is 0 Å². The molecule has 2 heterocycles. The molecule has 18 heavy (non-hydrogen) atoms. The van der Waals surface area contributed by atoms with Crippen molar-refractivity contribution in [2.45, 2.75) is 19.3 Å². The van der Waals surface area contributed by atoms with Crippen LogP contribution in [0.4, 0.5) is 0 Å². The third-order valence-electron chi connectivity index (χ3n) is 3.04. The number of hydrogen-bond donors (Lipinski definition) is 1. The van der Waals surface area contributed by atoms with Crippen molar-refractivity contribution in [1.29, 1.82) is 0 Å². The molecule has 1 aliphatic heterocycles. The molecular formula is C12H18Cl2N2OS. The fraction of sp³-hybridized carbons (Fsp3) is 0.583. The Morgan fingerprint density at radius 3 is 2.89 bits per heavy atom. The molecule has 2 rings (SSSR count). The van der Waals surface area contributed by atoms with E-state index in [4.69, 9.17) is 11.6 Å². The molecule has 1 aliphatic rings. The van der Waals surface area contributed by atoms with Gasteiger partial charge in [0.05, 0.1) is 10.3 Å². The highest BCUT2D eigenvalue weighted by Crippen LogP contribution is 2.29. The van der Waals surface area contributed by atoms with Crippen LogP contribution in [-0.4, -0.2) is 37.0 Å². The second kappa shape index (κ2) is 7.34. The number of carbonyl (C=O) groups is 1. The number of carbonyl (C=O) groups excluding carboxylic acids is 1. The highest BCUT2D eigenvalue weighted by atomic mass is 35.5. The first-order valence-electron chi connectivity index (χ1n) is 5.93. The lowest BCUT2D eigenvalue weighted by Crippen LogP contribution is -2.36. The molecule has 3 nitrogen and oxygen atoms in total. The Morgan fingerprint density at radius 1 is 1.44 bits per heavy atom. The SMILES string of the molecule is CC(C(=O)N1CCCNCC1)c1ccc(Cl)s1.Cl. The molecule has 1 aromatic heterocycles. The van der Waals surface area contributed by atoms with Gasteiger partial charge >= 0.3 is 0 Å². The maximum atomic E-state index is 12.3. The first-order valence-corrected chi connectivity index (χ1v) is 7.12. The molecule has 102 valence electrons. The van der Waals surface area contributed by atoms with Crippen LogP contribution in [0.15, 0.2) is 12.1 Å². The van der Waals surface area contributed by atoms with E-state index in [2.05, 4.69) is 5.32 Å². The molecule has 1 aromatic rings. The zero-order chi connectivity index (χ0) is 12.3. The van der Waals surface area contributed by atoms with Gasteiger partial charge in [-0.2, -0.15) is 0 Å². The van der Waals surface area contributed by atoms with E-state index >= 15 is 0 Å². The minimum absolute atomic E-state index is 0. The predicted octanol–water partition coefficient (Wildman–Crippen LogP) is 2.75. The zero-order valence-electron chi connectivity index (χ0n) is 10.3. The highest BCUT2D eigenvalue weighted by Gasteiger charge is 2.23. The zero-order valence-corrected chi connectivity index (χ0v) is 12.7. The fourth-order valence-electron chi connectivity index (χ4n) is 2.02. The summed E-state index contributed by atoms with van der Waals surface area (Å²) in [5.41, 5.74) is 0. The lowest BCUT2D eigenvalue weighted by molar-refractivity contribution is -0.132. The van der Waals surface area contributed by atoms with Crippen LogP contribution in [0.2, 0.25) is 4.34 Å². The molecule has 0 saturated carbocycles. The van der Waals surface area contributed by atoms with Crippen molar-refractivity contribution in [2.24, 2.45) is 0 Å². The molecule has 1 atom stereocenters. The average molecular weight is 309 g/mol. The number of amides is 1. The van der Waals surface area contributed by atoms with E-state index in [1.807, 2.05) is 24.0 Å². The molecule has 1 amide bonds. The summed E-state index contributed by atoms with van der Waals surface area (Å²) >= 11 is 7.40. The lowest BCUT2D eigenvalue weighted by Gasteiger charge is -2.23. The smallest absolute Gasteiger partial charge is 0.230 e. The van der Waals surface area contributed by atoms with Crippen molar-refractivity contribution in [3.05, 3.63) is 21.3 Å². The Balaban J connectivity index is 0.00000162. The van der Waals surface area contributed by atoms with Crippen molar-refractivity contribution in [3.63, 3.8) is 0 Å². The summed E-state index contributed by atoms with van der Waals surface area (Å²) in [6.45, 7) is 5.52. The number of thiophene rings is 1. The van der Waals surface area contributed by atoms with Crippen LogP contribution in [0, 0.1) is 0 Å². The number of nitrogens with zero attached hydrogens (tertiary/aromatic N) is 1. The van der Waals surface area contributed by atoms with Crippen molar-refractivity contribution >= 4 is 41.3 Å². The van der Waals surface area contributed by atoms with Gasteiger partial charge in [0.2, 0.25) is 5.91 Å². The van der Waals surface area contributed by atoms with Crippen LogP contribution < -0.4 is 5.32 Å². The summed E-state index contributed by atoms with van der Waals surface area (Å²) in [7, 11) is 0. The molecule has 1 N–H and O–H groups in total. The molecular weight excluding hydrogens is 291 g/mol. The highest BCUT2D eigenvalue weighted by molar-refractivity contribution is 7.16. The van der Waals surface area contributed by atoms with Gasteiger partial charge in [0.15, 0.2) is 0 Å². The molecule has 1 saturated heterocycles. The fourth-order valence-corrected chi connectivity index (χ4v) is 3.13. The summed E-state index contributed by atoms with van der Waals surface area (Å²) in [6.07, 6.45) is 1.03. The quantitative estimate of drug-likeness (QED) is 0.911. The van der Waals surface area contributed by atoms with Crippen molar-refractivity contribution in [3.8, 4) is 0 Å².